The molecule has 2 rings (SSSR count). The molecule has 0 aliphatic carbocycles. The summed E-state index contributed by atoms with van der Waals surface area (Å²) in [5, 5.41) is 14.4. The maximum atomic E-state index is 13.0. The van der Waals surface area contributed by atoms with Crippen LogP contribution >= 0.6 is 0 Å². The lowest BCUT2D eigenvalue weighted by molar-refractivity contribution is 0.0594. The Labute approximate surface area is 135 Å². The van der Waals surface area contributed by atoms with Crippen molar-refractivity contribution in [2.45, 2.75) is 20.0 Å². The number of aromatic nitrogens is 2. The third-order valence-corrected chi connectivity index (χ3v) is 3.47. The van der Waals surface area contributed by atoms with E-state index in [1.165, 1.54) is 30.5 Å². The normalized spacial score (nSPS) is 12.4. The van der Waals surface area contributed by atoms with Crippen molar-refractivity contribution in [3.8, 4) is 0 Å². The Bertz CT molecular complexity index is 652. The van der Waals surface area contributed by atoms with Gasteiger partial charge in [-0.05, 0) is 23.6 Å². The zero-order valence-corrected chi connectivity index (χ0v) is 13.6. The lowest BCUT2D eigenvalue weighted by Gasteiger charge is -2.26. The van der Waals surface area contributed by atoms with Gasteiger partial charge in [-0.25, -0.2) is 4.39 Å². The van der Waals surface area contributed by atoms with Crippen LogP contribution in [0.4, 0.5) is 4.39 Å². The molecule has 0 spiro atoms. The van der Waals surface area contributed by atoms with Crippen LogP contribution in [0.2, 0.25) is 0 Å². The smallest absolute Gasteiger partial charge is 0.257 e. The second kappa shape index (κ2) is 7.37. The monoisotopic (exact) mass is 319 g/mol. The summed E-state index contributed by atoms with van der Waals surface area (Å²) in [5.74, 6) is -0.268. The predicted octanol–water partition coefficient (Wildman–Crippen LogP) is 2.39. The highest BCUT2D eigenvalue weighted by Crippen LogP contribution is 2.17. The van der Waals surface area contributed by atoms with Crippen LogP contribution in [0.5, 0.6) is 0 Å². The second-order valence-electron chi connectivity index (χ2n) is 6.07. The van der Waals surface area contributed by atoms with Crippen LogP contribution in [0.1, 0.15) is 35.9 Å². The van der Waals surface area contributed by atoms with E-state index in [2.05, 4.69) is 5.10 Å². The molecular formula is C17H22FN3O2. The number of aliphatic hydroxyl groups is 1. The Morgan fingerprint density at radius 3 is 2.48 bits per heavy atom. The zero-order valence-electron chi connectivity index (χ0n) is 13.6. The Kier molecular flexibility index (Phi) is 5.50. The molecule has 0 radical (unpaired) electrons. The molecule has 124 valence electrons. The zero-order chi connectivity index (χ0) is 17.0. The molecular weight excluding hydrogens is 297 g/mol. The first-order valence-electron chi connectivity index (χ1n) is 7.58. The van der Waals surface area contributed by atoms with Gasteiger partial charge in [-0.3, -0.25) is 9.48 Å². The maximum absolute atomic E-state index is 13.0. The molecule has 0 saturated heterocycles. The summed E-state index contributed by atoms with van der Waals surface area (Å²) in [6.45, 7) is 4.69. The lowest BCUT2D eigenvalue weighted by atomic mass is 10.1. The van der Waals surface area contributed by atoms with Gasteiger partial charge in [-0.2, -0.15) is 5.10 Å². The molecule has 0 saturated carbocycles. The van der Waals surface area contributed by atoms with Crippen LogP contribution < -0.4 is 0 Å². The molecule has 0 fully saturated rings. The molecule has 1 amide bonds. The van der Waals surface area contributed by atoms with Crippen molar-refractivity contribution in [1.29, 1.82) is 0 Å². The number of nitrogens with zero attached hydrogens (tertiary/aromatic N) is 3. The molecule has 2 aromatic rings. The van der Waals surface area contributed by atoms with E-state index in [0.29, 0.717) is 17.7 Å². The van der Waals surface area contributed by atoms with Crippen LogP contribution in [-0.4, -0.2) is 38.8 Å². The van der Waals surface area contributed by atoms with Crippen LogP contribution in [0.3, 0.4) is 0 Å². The summed E-state index contributed by atoms with van der Waals surface area (Å²) >= 11 is 0. The number of carbonyl (C=O) groups excluding carboxylic acids is 1. The van der Waals surface area contributed by atoms with Gasteiger partial charge in [0.2, 0.25) is 0 Å². The molecule has 23 heavy (non-hydrogen) atoms. The van der Waals surface area contributed by atoms with Gasteiger partial charge in [0.15, 0.2) is 0 Å². The molecule has 6 heteroatoms. The standard InChI is InChI=1S/C17H22FN3O2/c1-12(2)9-21(17(23)14-8-19-20(3)10-14)11-16(22)13-4-6-15(18)7-5-13/h4-8,10,12,16,22H,9,11H2,1-3H3. The third-order valence-electron chi connectivity index (χ3n) is 3.47. The number of aliphatic hydroxyl groups excluding tert-OH is 1. The number of rotatable bonds is 6. The molecule has 1 aromatic carbocycles. The topological polar surface area (TPSA) is 58.4 Å². The first-order chi connectivity index (χ1) is 10.9. The number of benzene rings is 1. The molecule has 1 N–H and O–H groups in total. The molecule has 0 bridgehead atoms. The van der Waals surface area contributed by atoms with Gasteiger partial charge in [-0.15, -0.1) is 0 Å². The quantitative estimate of drug-likeness (QED) is 0.889. The minimum Gasteiger partial charge on any atom is -0.387 e. The fourth-order valence-corrected chi connectivity index (χ4v) is 2.39. The van der Waals surface area contributed by atoms with E-state index in [-0.39, 0.29) is 24.2 Å². The second-order valence-corrected chi connectivity index (χ2v) is 6.07. The van der Waals surface area contributed by atoms with Crippen molar-refractivity contribution < 1.29 is 14.3 Å². The molecule has 1 heterocycles. The van der Waals surface area contributed by atoms with E-state index < -0.39 is 6.10 Å². The van der Waals surface area contributed by atoms with Gasteiger partial charge in [0.25, 0.3) is 5.91 Å². The first kappa shape index (κ1) is 17.1. The number of hydrogen-bond acceptors (Lipinski definition) is 3. The SMILES string of the molecule is CC(C)CN(CC(O)c1ccc(F)cc1)C(=O)c1cnn(C)c1. The van der Waals surface area contributed by atoms with Crippen LogP contribution in [0.25, 0.3) is 0 Å². The highest BCUT2D eigenvalue weighted by Gasteiger charge is 2.22. The lowest BCUT2D eigenvalue weighted by Crippen LogP contribution is -2.37. The van der Waals surface area contributed by atoms with Crippen molar-refractivity contribution in [3.05, 3.63) is 53.6 Å². The van der Waals surface area contributed by atoms with E-state index >= 15 is 0 Å². The minimum absolute atomic E-state index is 0.150. The Morgan fingerprint density at radius 2 is 1.96 bits per heavy atom. The van der Waals surface area contributed by atoms with E-state index in [1.807, 2.05) is 13.8 Å². The number of amides is 1. The largest absolute Gasteiger partial charge is 0.387 e. The van der Waals surface area contributed by atoms with E-state index in [4.69, 9.17) is 0 Å². The van der Waals surface area contributed by atoms with Crippen molar-refractivity contribution >= 4 is 5.91 Å². The van der Waals surface area contributed by atoms with Crippen LogP contribution in [-0.2, 0) is 7.05 Å². The summed E-state index contributed by atoms with van der Waals surface area (Å²) in [6.07, 6.45) is 2.30. The van der Waals surface area contributed by atoms with E-state index in [1.54, 1.807) is 22.8 Å². The Hall–Kier alpha value is -2.21. The average Bonchev–Trinajstić information content (AvgIpc) is 2.92. The number of hydrogen-bond donors (Lipinski definition) is 1. The summed E-state index contributed by atoms with van der Waals surface area (Å²) < 4.78 is 14.5. The van der Waals surface area contributed by atoms with Crippen LogP contribution in [0.15, 0.2) is 36.7 Å². The summed E-state index contributed by atoms with van der Waals surface area (Å²) in [4.78, 5) is 14.2. The minimum atomic E-state index is -0.866. The fraction of sp³-hybridized carbons (Fsp3) is 0.412. The molecule has 0 aliphatic heterocycles. The van der Waals surface area contributed by atoms with Gasteiger partial charge < -0.3 is 10.0 Å². The van der Waals surface area contributed by atoms with Gasteiger partial charge in [0.05, 0.1) is 24.4 Å². The molecule has 1 unspecified atom stereocenters. The third kappa shape index (κ3) is 4.63. The van der Waals surface area contributed by atoms with Gasteiger partial charge >= 0.3 is 0 Å². The van der Waals surface area contributed by atoms with Crippen molar-refractivity contribution in [2.24, 2.45) is 13.0 Å². The van der Waals surface area contributed by atoms with Crippen LogP contribution in [0, 0.1) is 11.7 Å². The summed E-state index contributed by atoms with van der Waals surface area (Å²) in [6, 6.07) is 5.66. The maximum Gasteiger partial charge on any atom is 0.257 e. The molecule has 0 aliphatic rings. The predicted molar refractivity (Wildman–Crippen MR) is 85.3 cm³/mol. The summed E-state index contributed by atoms with van der Waals surface area (Å²) in [7, 11) is 1.75. The molecule has 5 nitrogen and oxygen atoms in total. The highest BCUT2D eigenvalue weighted by molar-refractivity contribution is 5.93. The average molecular weight is 319 g/mol. The van der Waals surface area contributed by atoms with E-state index in [0.717, 1.165) is 0 Å². The first-order valence-corrected chi connectivity index (χ1v) is 7.58. The van der Waals surface area contributed by atoms with Crippen molar-refractivity contribution in [2.75, 3.05) is 13.1 Å². The molecule has 1 atom stereocenters. The number of aryl methyl sites for hydroxylation is 1. The van der Waals surface area contributed by atoms with Crippen molar-refractivity contribution in [1.82, 2.24) is 14.7 Å². The van der Waals surface area contributed by atoms with Crippen molar-refractivity contribution in [3.63, 3.8) is 0 Å². The summed E-state index contributed by atoms with van der Waals surface area (Å²) in [5.41, 5.74) is 1.07. The Morgan fingerprint density at radius 1 is 1.30 bits per heavy atom. The van der Waals surface area contributed by atoms with E-state index in [9.17, 15) is 14.3 Å². The number of carbonyl (C=O) groups is 1. The van der Waals surface area contributed by atoms with Gasteiger partial charge in [0, 0.05) is 19.8 Å². The fourth-order valence-electron chi connectivity index (χ4n) is 2.39. The van der Waals surface area contributed by atoms with Gasteiger partial charge in [0.1, 0.15) is 5.82 Å². The highest BCUT2D eigenvalue weighted by atomic mass is 19.1. The number of halogens is 1. The molecule has 1 aromatic heterocycles. The Balaban J connectivity index is 2.14. The van der Waals surface area contributed by atoms with Gasteiger partial charge in [-0.1, -0.05) is 26.0 Å².